The summed E-state index contributed by atoms with van der Waals surface area (Å²) in [5.41, 5.74) is 0.723. The number of ether oxygens (including phenoxy) is 1. The summed E-state index contributed by atoms with van der Waals surface area (Å²) in [6, 6.07) is 12.9. The lowest BCUT2D eigenvalue weighted by atomic mass is 10.2. The van der Waals surface area contributed by atoms with Crippen molar-refractivity contribution in [3.63, 3.8) is 0 Å². The summed E-state index contributed by atoms with van der Waals surface area (Å²) in [6.07, 6.45) is 0. The van der Waals surface area contributed by atoms with Gasteiger partial charge < -0.3 is 10.1 Å². The van der Waals surface area contributed by atoms with Crippen LogP contribution in [0.25, 0.3) is 0 Å². The summed E-state index contributed by atoms with van der Waals surface area (Å²) < 4.78 is 9.71. The van der Waals surface area contributed by atoms with Crippen LogP contribution in [0.2, 0.25) is 0 Å². The number of benzene rings is 2. The summed E-state index contributed by atoms with van der Waals surface area (Å²) in [5, 5.41) is 14.5. The molecule has 1 amide bonds. The lowest BCUT2D eigenvalue weighted by molar-refractivity contribution is -0.432. The number of carbonyl (C=O) groups excluding carboxylic acids is 2. The maximum Gasteiger partial charge on any atom is 0.343 e. The number of amides is 1. The van der Waals surface area contributed by atoms with Gasteiger partial charge in [0.05, 0.1) is 22.5 Å². The molecule has 2 N–H and O–H groups in total. The average Bonchev–Trinajstić information content (AvgIpc) is 2.61. The van der Waals surface area contributed by atoms with E-state index < -0.39 is 5.97 Å². The zero-order valence-electron chi connectivity index (χ0n) is 12.7. The number of carbonyl (C=O) groups is 2. The van der Waals surface area contributed by atoms with E-state index in [9.17, 15) is 9.59 Å². The molecule has 0 aliphatic rings. The van der Waals surface area contributed by atoms with E-state index in [0.717, 1.165) is 0 Å². The highest BCUT2D eigenvalue weighted by Gasteiger charge is 2.15. The molecule has 0 fully saturated rings. The molecule has 0 saturated carbocycles. The van der Waals surface area contributed by atoms with Gasteiger partial charge in [0.15, 0.2) is 0 Å². The molecule has 0 atom stereocenters. The molecular weight excluding hydrogens is 334 g/mol. The van der Waals surface area contributed by atoms with Gasteiger partial charge in [-0.3, -0.25) is 4.79 Å². The molecule has 0 saturated heterocycles. The Bertz CT molecular complexity index is 707. The van der Waals surface area contributed by atoms with Gasteiger partial charge in [0.25, 0.3) is 5.91 Å². The second-order valence-electron chi connectivity index (χ2n) is 4.50. The topological polar surface area (TPSA) is 94.1 Å². The van der Waals surface area contributed by atoms with Gasteiger partial charge in [0.2, 0.25) is 0 Å². The van der Waals surface area contributed by atoms with Gasteiger partial charge >= 0.3 is 5.97 Å². The molecule has 0 bridgehead atoms. The number of hydrogen-bond donors (Lipinski definition) is 2. The van der Waals surface area contributed by atoms with E-state index in [-0.39, 0.29) is 16.6 Å². The molecule has 0 aliphatic carbocycles. The monoisotopic (exact) mass is 349 g/mol. The molecule has 0 radical (unpaired) electrons. The molecule has 7 nitrogen and oxygen atoms in total. The van der Waals surface area contributed by atoms with Gasteiger partial charge in [-0.1, -0.05) is 23.2 Å². The van der Waals surface area contributed by atoms with E-state index in [4.69, 9.17) is 9.99 Å². The average molecular weight is 349 g/mol. The van der Waals surface area contributed by atoms with Crippen molar-refractivity contribution in [2.75, 3.05) is 6.54 Å². The number of rotatable bonds is 7. The zero-order valence-corrected chi connectivity index (χ0v) is 13.5. The molecular formula is C16H15NO6S. The van der Waals surface area contributed by atoms with Crippen LogP contribution in [-0.4, -0.2) is 23.7 Å². The predicted molar refractivity (Wildman–Crippen MR) is 86.5 cm³/mol. The highest BCUT2D eigenvalue weighted by atomic mass is 32.2. The lowest BCUT2D eigenvalue weighted by Crippen LogP contribution is -2.22. The zero-order chi connectivity index (χ0) is 17.4. The molecule has 8 heteroatoms. The first-order chi connectivity index (χ1) is 11.7. The predicted octanol–water partition coefficient (Wildman–Crippen LogP) is 3.08. The Balaban J connectivity index is 2.24. The summed E-state index contributed by atoms with van der Waals surface area (Å²) >= 11 is 0.604. The van der Waals surface area contributed by atoms with Crippen LogP contribution in [0.4, 0.5) is 0 Å². The third-order valence-electron chi connectivity index (χ3n) is 2.91. The van der Waals surface area contributed by atoms with E-state index in [1.54, 1.807) is 37.3 Å². The van der Waals surface area contributed by atoms with Crippen molar-refractivity contribution < 1.29 is 29.0 Å². The molecule has 2 aromatic carbocycles. The third kappa shape index (κ3) is 4.80. The second-order valence-corrected chi connectivity index (χ2v) is 5.24. The summed E-state index contributed by atoms with van der Waals surface area (Å²) in [5.74, 6) is -0.683. The normalized spacial score (nSPS) is 10.2. The van der Waals surface area contributed by atoms with Crippen LogP contribution in [0.1, 0.15) is 27.6 Å². The Hall–Kier alpha value is -2.39. The molecule has 0 heterocycles. The largest absolute Gasteiger partial charge is 0.422 e. The molecule has 2 aromatic rings. The lowest BCUT2D eigenvalue weighted by Gasteiger charge is -2.10. The van der Waals surface area contributed by atoms with Crippen LogP contribution in [-0.2, 0) is 9.37 Å². The fourth-order valence-electron chi connectivity index (χ4n) is 1.85. The molecule has 126 valence electrons. The maximum absolute atomic E-state index is 12.1. The van der Waals surface area contributed by atoms with Crippen molar-refractivity contribution in [2.45, 2.75) is 11.8 Å². The molecule has 0 aromatic heterocycles. The highest BCUT2D eigenvalue weighted by molar-refractivity contribution is 7.94. The van der Waals surface area contributed by atoms with Crippen molar-refractivity contribution in [1.82, 2.24) is 5.32 Å². The molecule has 0 unspecified atom stereocenters. The van der Waals surface area contributed by atoms with Crippen LogP contribution in [0.5, 0.6) is 5.75 Å². The first kappa shape index (κ1) is 18.0. The van der Waals surface area contributed by atoms with Crippen LogP contribution < -0.4 is 10.1 Å². The SMILES string of the molecule is CCNC(=O)c1ccc(OC(=O)c2ccccc2)c(SOOO)c1. The Labute approximate surface area is 142 Å². The Morgan fingerprint density at radius 1 is 1.12 bits per heavy atom. The van der Waals surface area contributed by atoms with E-state index in [1.165, 1.54) is 18.2 Å². The van der Waals surface area contributed by atoms with Crippen molar-refractivity contribution in [3.8, 4) is 5.75 Å². The van der Waals surface area contributed by atoms with Gasteiger partial charge in [-0.25, -0.2) is 10.1 Å². The van der Waals surface area contributed by atoms with E-state index >= 15 is 0 Å². The van der Waals surface area contributed by atoms with Crippen molar-refractivity contribution in [2.24, 2.45) is 0 Å². The molecule has 0 aliphatic heterocycles. The van der Waals surface area contributed by atoms with Crippen molar-refractivity contribution in [3.05, 3.63) is 59.7 Å². The fourth-order valence-corrected chi connectivity index (χ4v) is 2.32. The van der Waals surface area contributed by atoms with Crippen LogP contribution >= 0.6 is 12.0 Å². The van der Waals surface area contributed by atoms with Gasteiger partial charge in [0.1, 0.15) is 5.75 Å². The quantitative estimate of drug-likeness (QED) is 0.261. The number of hydrogen-bond acceptors (Lipinski definition) is 7. The summed E-state index contributed by atoms with van der Waals surface area (Å²) in [4.78, 5) is 24.3. The smallest absolute Gasteiger partial charge is 0.343 e. The third-order valence-corrected chi connectivity index (χ3v) is 3.54. The minimum atomic E-state index is -0.562. The van der Waals surface area contributed by atoms with E-state index in [0.29, 0.717) is 29.7 Å². The van der Waals surface area contributed by atoms with Gasteiger partial charge in [-0.05, 0) is 37.3 Å². The number of esters is 1. The minimum Gasteiger partial charge on any atom is -0.422 e. The Kier molecular flexibility index (Phi) is 6.76. The molecule has 24 heavy (non-hydrogen) atoms. The standard InChI is InChI=1S/C16H15NO6S/c1-2-17-15(18)12-8-9-13(14(10-12)24-23-22-20)21-16(19)11-6-4-3-5-7-11/h3-10,20H,2H2,1H3,(H,17,18). The fraction of sp³-hybridized carbons (Fsp3) is 0.125. The minimum absolute atomic E-state index is 0.166. The van der Waals surface area contributed by atoms with Gasteiger partial charge in [0, 0.05) is 12.1 Å². The first-order valence-corrected chi connectivity index (χ1v) is 7.74. The summed E-state index contributed by atoms with van der Waals surface area (Å²) in [6.45, 7) is 2.27. The molecule has 2 rings (SSSR count). The molecule has 0 spiro atoms. The first-order valence-electron chi connectivity index (χ1n) is 7.00. The highest BCUT2D eigenvalue weighted by Crippen LogP contribution is 2.31. The van der Waals surface area contributed by atoms with Crippen LogP contribution in [0.15, 0.2) is 53.4 Å². The van der Waals surface area contributed by atoms with E-state index in [2.05, 4.69) is 14.7 Å². The van der Waals surface area contributed by atoms with Gasteiger partial charge in [-0.15, -0.1) is 4.33 Å². The maximum atomic E-state index is 12.1. The summed E-state index contributed by atoms with van der Waals surface area (Å²) in [7, 11) is 0. The van der Waals surface area contributed by atoms with Crippen LogP contribution in [0.3, 0.4) is 0 Å². The Morgan fingerprint density at radius 2 is 1.88 bits per heavy atom. The Morgan fingerprint density at radius 3 is 2.54 bits per heavy atom. The van der Waals surface area contributed by atoms with Gasteiger partial charge in [-0.2, -0.15) is 0 Å². The van der Waals surface area contributed by atoms with E-state index in [1.807, 2.05) is 0 Å². The van der Waals surface area contributed by atoms with Crippen molar-refractivity contribution in [1.29, 1.82) is 0 Å². The van der Waals surface area contributed by atoms with Crippen molar-refractivity contribution >= 4 is 23.9 Å². The number of nitrogens with one attached hydrogen (secondary N) is 1. The second kappa shape index (κ2) is 9.04. The van der Waals surface area contributed by atoms with Crippen LogP contribution in [0, 0.1) is 0 Å².